The van der Waals surface area contributed by atoms with Gasteiger partial charge in [-0.25, -0.2) is 0 Å². The lowest BCUT2D eigenvalue weighted by Crippen LogP contribution is -2.37. The number of likely N-dealkylation sites (tertiary alicyclic amines) is 1. The first kappa shape index (κ1) is 16.1. The van der Waals surface area contributed by atoms with E-state index in [9.17, 15) is 5.11 Å². The second-order valence-electron chi connectivity index (χ2n) is 5.32. The maximum Gasteiger partial charge on any atom is 0.0637 e. The summed E-state index contributed by atoms with van der Waals surface area (Å²) in [5.74, 6) is 0. The van der Waals surface area contributed by atoms with Gasteiger partial charge in [0.1, 0.15) is 0 Å². The van der Waals surface area contributed by atoms with Crippen LogP contribution in [0.1, 0.15) is 24.8 Å². The third-order valence-corrected chi connectivity index (χ3v) is 4.59. The number of hydrogen-bond donors (Lipinski definition) is 2. The van der Waals surface area contributed by atoms with Crippen LogP contribution in [0.15, 0.2) is 18.2 Å². The highest BCUT2D eigenvalue weighted by Gasteiger charge is 2.15. The molecule has 1 heterocycles. The molecule has 1 aromatic rings. The predicted octanol–water partition coefficient (Wildman–Crippen LogP) is 2.93. The van der Waals surface area contributed by atoms with E-state index in [1.807, 2.05) is 12.1 Å². The van der Waals surface area contributed by atoms with Crippen molar-refractivity contribution in [2.24, 2.45) is 0 Å². The standard InChI is InChI=1S/C15H22Cl2N2O/c16-14-4-1-3-12(15(14)17)11-18-7-2-8-19-9-5-13(20)6-10-19/h1,3-4,13,18,20H,2,5-11H2. The first-order chi connectivity index (χ1) is 9.66. The normalized spacial score (nSPS) is 17.6. The Hall–Kier alpha value is -0.320. The molecule has 0 aromatic heterocycles. The van der Waals surface area contributed by atoms with E-state index in [4.69, 9.17) is 23.2 Å². The minimum absolute atomic E-state index is 0.0886. The van der Waals surface area contributed by atoms with E-state index in [1.165, 1.54) is 0 Å². The summed E-state index contributed by atoms with van der Waals surface area (Å²) in [6.07, 6.45) is 2.83. The largest absolute Gasteiger partial charge is 0.393 e. The van der Waals surface area contributed by atoms with Crippen molar-refractivity contribution >= 4 is 23.2 Å². The second-order valence-corrected chi connectivity index (χ2v) is 6.10. The van der Waals surface area contributed by atoms with Gasteiger partial charge >= 0.3 is 0 Å². The smallest absolute Gasteiger partial charge is 0.0637 e. The van der Waals surface area contributed by atoms with Crippen LogP contribution >= 0.6 is 23.2 Å². The monoisotopic (exact) mass is 316 g/mol. The minimum Gasteiger partial charge on any atom is -0.393 e. The van der Waals surface area contributed by atoms with E-state index in [-0.39, 0.29) is 6.10 Å². The SMILES string of the molecule is OC1CCN(CCCNCc2cccc(Cl)c2Cl)CC1. The van der Waals surface area contributed by atoms with E-state index >= 15 is 0 Å². The number of nitrogens with zero attached hydrogens (tertiary/aromatic N) is 1. The average molecular weight is 317 g/mol. The number of rotatable bonds is 6. The third-order valence-electron chi connectivity index (χ3n) is 3.73. The van der Waals surface area contributed by atoms with Gasteiger partial charge in [-0.15, -0.1) is 0 Å². The third kappa shape index (κ3) is 4.90. The summed E-state index contributed by atoms with van der Waals surface area (Å²) in [5.41, 5.74) is 1.04. The number of nitrogens with one attached hydrogen (secondary N) is 1. The molecule has 2 rings (SSSR count). The molecule has 0 unspecified atom stereocenters. The van der Waals surface area contributed by atoms with Gasteiger partial charge in [-0.1, -0.05) is 35.3 Å². The number of aliphatic hydroxyl groups is 1. The van der Waals surface area contributed by atoms with Crippen LogP contribution < -0.4 is 5.32 Å². The minimum atomic E-state index is -0.0886. The fourth-order valence-electron chi connectivity index (χ4n) is 2.48. The molecule has 1 aliphatic heterocycles. The summed E-state index contributed by atoms with van der Waals surface area (Å²) >= 11 is 12.1. The maximum atomic E-state index is 9.45. The highest BCUT2D eigenvalue weighted by atomic mass is 35.5. The Morgan fingerprint density at radius 3 is 2.75 bits per heavy atom. The molecular weight excluding hydrogens is 295 g/mol. The zero-order valence-electron chi connectivity index (χ0n) is 11.6. The summed E-state index contributed by atoms with van der Waals surface area (Å²) < 4.78 is 0. The summed E-state index contributed by atoms with van der Waals surface area (Å²) in [5, 5.41) is 14.1. The van der Waals surface area contributed by atoms with Gasteiger partial charge < -0.3 is 15.3 Å². The van der Waals surface area contributed by atoms with Crippen molar-refractivity contribution in [2.45, 2.75) is 31.9 Å². The Morgan fingerprint density at radius 2 is 2.00 bits per heavy atom. The van der Waals surface area contributed by atoms with Crippen molar-refractivity contribution in [3.05, 3.63) is 33.8 Å². The molecule has 0 spiro atoms. The molecule has 1 fully saturated rings. The molecule has 112 valence electrons. The highest BCUT2D eigenvalue weighted by Crippen LogP contribution is 2.25. The molecule has 0 bridgehead atoms. The number of piperidine rings is 1. The molecule has 2 N–H and O–H groups in total. The van der Waals surface area contributed by atoms with Gasteiger partial charge in [-0.3, -0.25) is 0 Å². The van der Waals surface area contributed by atoms with Gasteiger partial charge in [-0.05, 0) is 44.0 Å². The first-order valence-corrected chi connectivity index (χ1v) is 7.96. The van der Waals surface area contributed by atoms with E-state index < -0.39 is 0 Å². The Balaban J connectivity index is 1.61. The lowest BCUT2D eigenvalue weighted by Gasteiger charge is -2.29. The van der Waals surface area contributed by atoms with Crippen molar-refractivity contribution in [1.29, 1.82) is 0 Å². The van der Waals surface area contributed by atoms with E-state index in [1.54, 1.807) is 6.07 Å². The Bertz CT molecular complexity index is 420. The summed E-state index contributed by atoms with van der Waals surface area (Å²) in [7, 11) is 0. The molecular formula is C15H22Cl2N2O. The van der Waals surface area contributed by atoms with Crippen LogP contribution in [0.5, 0.6) is 0 Å². The Morgan fingerprint density at radius 1 is 1.25 bits per heavy atom. The van der Waals surface area contributed by atoms with Crippen molar-refractivity contribution in [3.63, 3.8) is 0 Å². The Labute approximate surface area is 130 Å². The van der Waals surface area contributed by atoms with Gasteiger partial charge in [0.25, 0.3) is 0 Å². The molecule has 0 aliphatic carbocycles. The lowest BCUT2D eigenvalue weighted by atomic mass is 10.1. The van der Waals surface area contributed by atoms with E-state index in [0.29, 0.717) is 10.0 Å². The molecule has 1 saturated heterocycles. The van der Waals surface area contributed by atoms with Crippen LogP contribution in [-0.2, 0) is 6.54 Å². The quantitative estimate of drug-likeness (QED) is 0.792. The molecule has 1 aliphatic rings. The Kier molecular flexibility index (Phi) is 6.59. The van der Waals surface area contributed by atoms with Gasteiger partial charge in [0.2, 0.25) is 0 Å². The molecule has 0 atom stereocenters. The van der Waals surface area contributed by atoms with Gasteiger partial charge in [0.05, 0.1) is 16.1 Å². The van der Waals surface area contributed by atoms with Crippen LogP contribution in [0.4, 0.5) is 0 Å². The van der Waals surface area contributed by atoms with Crippen LogP contribution in [-0.4, -0.2) is 42.3 Å². The van der Waals surface area contributed by atoms with Crippen LogP contribution in [0.3, 0.4) is 0 Å². The maximum absolute atomic E-state index is 9.45. The van der Waals surface area contributed by atoms with Gasteiger partial charge in [0.15, 0.2) is 0 Å². The van der Waals surface area contributed by atoms with E-state index in [2.05, 4.69) is 10.2 Å². The zero-order chi connectivity index (χ0) is 14.4. The number of hydrogen-bond acceptors (Lipinski definition) is 3. The van der Waals surface area contributed by atoms with Crippen molar-refractivity contribution < 1.29 is 5.11 Å². The number of halogens is 2. The molecule has 1 aromatic carbocycles. The van der Waals surface area contributed by atoms with Crippen LogP contribution in [0.2, 0.25) is 10.0 Å². The van der Waals surface area contributed by atoms with E-state index in [0.717, 1.165) is 57.5 Å². The van der Waals surface area contributed by atoms with Gasteiger partial charge in [-0.2, -0.15) is 0 Å². The average Bonchev–Trinajstić information content (AvgIpc) is 2.45. The topological polar surface area (TPSA) is 35.5 Å². The van der Waals surface area contributed by atoms with Gasteiger partial charge in [0, 0.05) is 19.6 Å². The van der Waals surface area contributed by atoms with Crippen molar-refractivity contribution in [3.8, 4) is 0 Å². The fourth-order valence-corrected chi connectivity index (χ4v) is 2.87. The molecule has 5 heteroatoms. The fraction of sp³-hybridized carbons (Fsp3) is 0.600. The van der Waals surface area contributed by atoms with Crippen LogP contribution in [0, 0.1) is 0 Å². The summed E-state index contributed by atoms with van der Waals surface area (Å²) in [4.78, 5) is 2.42. The summed E-state index contributed by atoms with van der Waals surface area (Å²) in [6, 6.07) is 5.72. The van der Waals surface area contributed by atoms with Crippen LogP contribution in [0.25, 0.3) is 0 Å². The number of benzene rings is 1. The molecule has 20 heavy (non-hydrogen) atoms. The molecule has 0 radical (unpaired) electrons. The van der Waals surface area contributed by atoms with Crippen molar-refractivity contribution in [1.82, 2.24) is 10.2 Å². The lowest BCUT2D eigenvalue weighted by molar-refractivity contribution is 0.0821. The number of aliphatic hydroxyl groups excluding tert-OH is 1. The zero-order valence-corrected chi connectivity index (χ0v) is 13.1. The molecule has 0 saturated carbocycles. The first-order valence-electron chi connectivity index (χ1n) is 7.21. The predicted molar refractivity (Wildman–Crippen MR) is 84.5 cm³/mol. The summed E-state index contributed by atoms with van der Waals surface area (Å²) in [6.45, 7) is 4.82. The highest BCUT2D eigenvalue weighted by molar-refractivity contribution is 6.42. The molecule has 0 amide bonds. The van der Waals surface area contributed by atoms with Crippen molar-refractivity contribution in [2.75, 3.05) is 26.2 Å². The second kappa shape index (κ2) is 8.20. The molecule has 3 nitrogen and oxygen atoms in total.